The number of para-hydroxylation sites is 1. The standard InChI is InChI=1S/C16H20N2O/c1-13-12-15(8-9-16(13)17)19-11-10-18(2)14-6-4-3-5-7-14/h3-9,12H,10-11,17H2,1-2H3. The van der Waals surface area contributed by atoms with Gasteiger partial charge in [-0.1, -0.05) is 18.2 Å². The second-order valence-electron chi connectivity index (χ2n) is 4.62. The fourth-order valence-electron chi connectivity index (χ4n) is 1.85. The lowest BCUT2D eigenvalue weighted by Crippen LogP contribution is -2.23. The number of rotatable bonds is 5. The van der Waals surface area contributed by atoms with Gasteiger partial charge in [0.25, 0.3) is 0 Å². The van der Waals surface area contributed by atoms with Gasteiger partial charge < -0.3 is 15.4 Å². The molecule has 0 amide bonds. The van der Waals surface area contributed by atoms with Crippen LogP contribution in [-0.4, -0.2) is 20.2 Å². The zero-order chi connectivity index (χ0) is 13.7. The van der Waals surface area contributed by atoms with Crippen LogP contribution >= 0.6 is 0 Å². The Hall–Kier alpha value is -2.16. The Kier molecular flexibility index (Phi) is 4.29. The average molecular weight is 256 g/mol. The summed E-state index contributed by atoms with van der Waals surface area (Å²) in [6.45, 7) is 3.47. The molecule has 2 rings (SSSR count). The topological polar surface area (TPSA) is 38.5 Å². The maximum absolute atomic E-state index is 5.78. The van der Waals surface area contributed by atoms with Crippen LogP contribution in [0.1, 0.15) is 5.56 Å². The van der Waals surface area contributed by atoms with E-state index in [1.54, 1.807) is 0 Å². The predicted octanol–water partition coefficient (Wildman–Crippen LogP) is 3.09. The molecule has 0 aliphatic heterocycles. The van der Waals surface area contributed by atoms with Crippen LogP contribution in [0.15, 0.2) is 48.5 Å². The summed E-state index contributed by atoms with van der Waals surface area (Å²) >= 11 is 0. The molecule has 2 N–H and O–H groups in total. The largest absolute Gasteiger partial charge is 0.492 e. The van der Waals surface area contributed by atoms with E-state index in [4.69, 9.17) is 10.5 Å². The fourth-order valence-corrected chi connectivity index (χ4v) is 1.85. The minimum Gasteiger partial charge on any atom is -0.492 e. The number of hydrogen-bond acceptors (Lipinski definition) is 3. The predicted molar refractivity (Wildman–Crippen MR) is 80.8 cm³/mol. The van der Waals surface area contributed by atoms with E-state index in [1.807, 2.05) is 43.3 Å². The van der Waals surface area contributed by atoms with Crippen molar-refractivity contribution in [1.29, 1.82) is 0 Å². The number of likely N-dealkylation sites (N-methyl/N-ethyl adjacent to an activating group) is 1. The van der Waals surface area contributed by atoms with Crippen molar-refractivity contribution in [3.63, 3.8) is 0 Å². The number of nitrogens with zero attached hydrogens (tertiary/aromatic N) is 1. The van der Waals surface area contributed by atoms with Crippen molar-refractivity contribution in [2.75, 3.05) is 30.8 Å². The van der Waals surface area contributed by atoms with Gasteiger partial charge in [0.15, 0.2) is 0 Å². The number of ether oxygens (including phenoxy) is 1. The van der Waals surface area contributed by atoms with Crippen molar-refractivity contribution in [1.82, 2.24) is 0 Å². The number of hydrogen-bond donors (Lipinski definition) is 1. The van der Waals surface area contributed by atoms with E-state index in [2.05, 4.69) is 24.1 Å². The van der Waals surface area contributed by atoms with Gasteiger partial charge in [0.1, 0.15) is 12.4 Å². The summed E-state index contributed by atoms with van der Waals surface area (Å²) in [6.07, 6.45) is 0. The van der Waals surface area contributed by atoms with Crippen LogP contribution < -0.4 is 15.4 Å². The van der Waals surface area contributed by atoms with E-state index in [-0.39, 0.29) is 0 Å². The van der Waals surface area contributed by atoms with E-state index in [9.17, 15) is 0 Å². The molecule has 0 fully saturated rings. The monoisotopic (exact) mass is 256 g/mol. The molecule has 0 saturated heterocycles. The summed E-state index contributed by atoms with van der Waals surface area (Å²) in [6, 6.07) is 16.0. The lowest BCUT2D eigenvalue weighted by Gasteiger charge is -2.19. The Morgan fingerprint density at radius 1 is 1.11 bits per heavy atom. The van der Waals surface area contributed by atoms with Gasteiger partial charge in [-0.3, -0.25) is 0 Å². The molecule has 0 atom stereocenters. The highest BCUT2D eigenvalue weighted by molar-refractivity contribution is 5.49. The van der Waals surface area contributed by atoms with Gasteiger partial charge in [-0.15, -0.1) is 0 Å². The summed E-state index contributed by atoms with van der Waals surface area (Å²) in [5.74, 6) is 0.869. The normalized spacial score (nSPS) is 10.2. The lowest BCUT2D eigenvalue weighted by molar-refractivity contribution is 0.326. The maximum Gasteiger partial charge on any atom is 0.119 e. The van der Waals surface area contributed by atoms with Crippen molar-refractivity contribution in [2.24, 2.45) is 0 Å². The highest BCUT2D eigenvalue weighted by Crippen LogP contribution is 2.18. The Morgan fingerprint density at radius 2 is 1.84 bits per heavy atom. The van der Waals surface area contributed by atoms with Crippen LogP contribution in [-0.2, 0) is 0 Å². The smallest absolute Gasteiger partial charge is 0.119 e. The molecule has 19 heavy (non-hydrogen) atoms. The van der Waals surface area contributed by atoms with Gasteiger partial charge in [0.05, 0.1) is 6.54 Å². The van der Waals surface area contributed by atoms with Crippen molar-refractivity contribution < 1.29 is 4.74 Å². The molecule has 0 aliphatic carbocycles. The molecular weight excluding hydrogens is 236 g/mol. The molecule has 0 aromatic heterocycles. The highest BCUT2D eigenvalue weighted by Gasteiger charge is 2.01. The number of aryl methyl sites for hydroxylation is 1. The van der Waals surface area contributed by atoms with Gasteiger partial charge in [-0.2, -0.15) is 0 Å². The highest BCUT2D eigenvalue weighted by atomic mass is 16.5. The molecular formula is C16H20N2O. The minimum atomic E-state index is 0.648. The molecule has 0 radical (unpaired) electrons. The van der Waals surface area contributed by atoms with E-state index in [0.717, 1.165) is 23.5 Å². The molecule has 3 nitrogen and oxygen atoms in total. The molecule has 0 spiro atoms. The molecule has 0 aliphatic rings. The van der Waals surface area contributed by atoms with Gasteiger partial charge in [-0.05, 0) is 42.8 Å². The quantitative estimate of drug-likeness (QED) is 0.835. The summed E-state index contributed by atoms with van der Waals surface area (Å²) in [4.78, 5) is 2.17. The molecule has 3 heteroatoms. The van der Waals surface area contributed by atoms with Crippen molar-refractivity contribution in [3.8, 4) is 5.75 Å². The summed E-state index contributed by atoms with van der Waals surface area (Å²) in [7, 11) is 2.06. The third-order valence-electron chi connectivity index (χ3n) is 3.13. The van der Waals surface area contributed by atoms with E-state index < -0.39 is 0 Å². The number of anilines is 2. The number of nitrogen functional groups attached to an aromatic ring is 1. The van der Waals surface area contributed by atoms with E-state index in [1.165, 1.54) is 5.69 Å². The van der Waals surface area contributed by atoms with Crippen LogP contribution in [0.5, 0.6) is 5.75 Å². The van der Waals surface area contributed by atoms with Crippen LogP contribution in [0, 0.1) is 6.92 Å². The Bertz CT molecular complexity index is 526. The zero-order valence-corrected chi connectivity index (χ0v) is 11.5. The molecule has 2 aromatic carbocycles. The van der Waals surface area contributed by atoms with Gasteiger partial charge in [0, 0.05) is 18.4 Å². The van der Waals surface area contributed by atoms with E-state index in [0.29, 0.717) is 6.61 Å². The van der Waals surface area contributed by atoms with Crippen molar-refractivity contribution >= 4 is 11.4 Å². The van der Waals surface area contributed by atoms with Crippen molar-refractivity contribution in [3.05, 3.63) is 54.1 Å². The Labute approximate surface area is 114 Å². The first kappa shape index (κ1) is 13.3. The minimum absolute atomic E-state index is 0.648. The van der Waals surface area contributed by atoms with Crippen molar-refractivity contribution in [2.45, 2.75) is 6.92 Å². The SMILES string of the molecule is Cc1cc(OCCN(C)c2ccccc2)ccc1N. The molecule has 2 aromatic rings. The lowest BCUT2D eigenvalue weighted by atomic mass is 10.2. The average Bonchev–Trinajstić information content (AvgIpc) is 2.43. The maximum atomic E-state index is 5.78. The van der Waals surface area contributed by atoms with Crippen LogP contribution in [0.3, 0.4) is 0 Å². The molecule has 100 valence electrons. The molecule has 0 unspecified atom stereocenters. The molecule has 0 bridgehead atoms. The summed E-state index contributed by atoms with van der Waals surface area (Å²) in [5.41, 5.74) is 8.82. The van der Waals surface area contributed by atoms with Gasteiger partial charge in [-0.25, -0.2) is 0 Å². The fraction of sp³-hybridized carbons (Fsp3) is 0.250. The second kappa shape index (κ2) is 6.14. The summed E-state index contributed by atoms with van der Waals surface area (Å²) < 4.78 is 5.74. The zero-order valence-electron chi connectivity index (χ0n) is 11.5. The Balaban J connectivity index is 1.85. The summed E-state index contributed by atoms with van der Waals surface area (Å²) in [5, 5.41) is 0. The number of benzene rings is 2. The van der Waals surface area contributed by atoms with Gasteiger partial charge >= 0.3 is 0 Å². The first-order chi connectivity index (χ1) is 9.16. The van der Waals surface area contributed by atoms with Gasteiger partial charge in [0.2, 0.25) is 0 Å². The van der Waals surface area contributed by atoms with Crippen LogP contribution in [0.4, 0.5) is 11.4 Å². The van der Waals surface area contributed by atoms with Crippen LogP contribution in [0.25, 0.3) is 0 Å². The second-order valence-corrected chi connectivity index (χ2v) is 4.62. The molecule has 0 saturated carbocycles. The third-order valence-corrected chi connectivity index (χ3v) is 3.13. The molecule has 0 heterocycles. The van der Waals surface area contributed by atoms with E-state index >= 15 is 0 Å². The third kappa shape index (κ3) is 3.65. The first-order valence-corrected chi connectivity index (χ1v) is 6.42. The van der Waals surface area contributed by atoms with Crippen LogP contribution in [0.2, 0.25) is 0 Å². The first-order valence-electron chi connectivity index (χ1n) is 6.42. The number of nitrogens with two attached hydrogens (primary N) is 1. The Morgan fingerprint density at radius 3 is 2.53 bits per heavy atom.